The molecule has 96 valence electrons. The van der Waals surface area contributed by atoms with Crippen LogP contribution < -0.4 is 4.74 Å². The zero-order valence-electron chi connectivity index (χ0n) is 10.8. The third-order valence-electron chi connectivity index (χ3n) is 3.60. The highest BCUT2D eigenvalue weighted by atomic mass is 16.5. The molecule has 0 amide bonds. The molecule has 1 aliphatic heterocycles. The fraction of sp³-hybridized carbons (Fsp3) is 0.500. The summed E-state index contributed by atoms with van der Waals surface area (Å²) >= 11 is 0. The third-order valence-corrected chi connectivity index (χ3v) is 3.60. The van der Waals surface area contributed by atoms with Gasteiger partial charge in [-0.15, -0.1) is 0 Å². The van der Waals surface area contributed by atoms with Crippen LogP contribution in [0.3, 0.4) is 0 Å². The summed E-state index contributed by atoms with van der Waals surface area (Å²) in [6.45, 7) is 3.61. The minimum Gasteiger partial charge on any atom is -0.482 e. The van der Waals surface area contributed by atoms with E-state index in [2.05, 4.69) is 16.1 Å². The number of fused-ring (bicyclic) bond motifs is 1. The maximum Gasteiger partial charge on any atom is 0.198 e. The van der Waals surface area contributed by atoms with Crippen LogP contribution >= 0.6 is 0 Å². The van der Waals surface area contributed by atoms with E-state index in [1.807, 2.05) is 22.6 Å². The molecule has 2 aromatic rings. The van der Waals surface area contributed by atoms with E-state index in [1.165, 1.54) is 25.9 Å². The molecule has 4 heteroatoms. The average Bonchev–Trinajstić information content (AvgIpc) is 3.04. The molecule has 4 nitrogen and oxygen atoms in total. The quantitative estimate of drug-likeness (QED) is 0.825. The van der Waals surface area contributed by atoms with Crippen LogP contribution in [0.4, 0.5) is 0 Å². The van der Waals surface area contributed by atoms with Crippen LogP contribution in [0, 0.1) is 0 Å². The van der Waals surface area contributed by atoms with Crippen LogP contribution in [-0.4, -0.2) is 41.0 Å². The summed E-state index contributed by atoms with van der Waals surface area (Å²) in [4.78, 5) is 7.15. The monoisotopic (exact) mass is 245 g/mol. The average molecular weight is 245 g/mol. The first-order valence-electron chi connectivity index (χ1n) is 6.60. The molecule has 0 aromatic carbocycles. The number of pyridine rings is 1. The van der Waals surface area contributed by atoms with E-state index >= 15 is 0 Å². The Hall–Kier alpha value is -1.55. The van der Waals surface area contributed by atoms with E-state index in [4.69, 9.17) is 4.74 Å². The van der Waals surface area contributed by atoms with Crippen molar-refractivity contribution < 1.29 is 4.74 Å². The molecule has 1 fully saturated rings. The maximum absolute atomic E-state index is 5.33. The minimum absolute atomic E-state index is 0.840. The summed E-state index contributed by atoms with van der Waals surface area (Å²) in [6, 6.07) is 5.95. The lowest BCUT2D eigenvalue weighted by molar-refractivity contribution is 0.342. The highest BCUT2D eigenvalue weighted by Crippen LogP contribution is 2.16. The van der Waals surface area contributed by atoms with E-state index in [0.29, 0.717) is 0 Å². The lowest BCUT2D eigenvalue weighted by atomic mass is 10.3. The number of aromatic nitrogens is 2. The normalized spacial score (nSPS) is 16.5. The first-order chi connectivity index (χ1) is 8.86. The first-order valence-corrected chi connectivity index (χ1v) is 6.60. The van der Waals surface area contributed by atoms with Gasteiger partial charge in [0.25, 0.3) is 0 Å². The van der Waals surface area contributed by atoms with Crippen molar-refractivity contribution in [2.45, 2.75) is 19.3 Å². The number of nitrogens with zero attached hydrogens (tertiary/aromatic N) is 3. The lowest BCUT2D eigenvalue weighted by Crippen LogP contribution is -2.21. The number of ether oxygens (including phenoxy) is 1. The summed E-state index contributed by atoms with van der Waals surface area (Å²) < 4.78 is 7.34. The molecule has 1 saturated heterocycles. The molecule has 1 aliphatic rings. The van der Waals surface area contributed by atoms with E-state index in [0.717, 1.165) is 30.2 Å². The molecular formula is C14H19N3O. The third kappa shape index (κ3) is 2.20. The van der Waals surface area contributed by atoms with Crippen molar-refractivity contribution in [3.63, 3.8) is 0 Å². The molecule has 0 bridgehead atoms. The second-order valence-corrected chi connectivity index (χ2v) is 4.83. The lowest BCUT2D eigenvalue weighted by Gasteiger charge is -2.12. The Bertz CT molecular complexity index is 529. The summed E-state index contributed by atoms with van der Waals surface area (Å²) in [5.41, 5.74) is 2.11. The molecular weight excluding hydrogens is 226 g/mol. The standard InChI is InChI=1S/C14H19N3O/c1-18-14-6-4-5-13-15-12(11-17(13)14)7-10-16-8-2-3-9-16/h4-6,11H,2-3,7-10H2,1H3. The Morgan fingerprint density at radius 2 is 2.11 bits per heavy atom. The van der Waals surface area contributed by atoms with Crippen LogP contribution in [0.25, 0.3) is 5.65 Å². The Morgan fingerprint density at radius 3 is 2.89 bits per heavy atom. The number of imidazole rings is 1. The van der Waals surface area contributed by atoms with Gasteiger partial charge >= 0.3 is 0 Å². The van der Waals surface area contributed by atoms with Crippen molar-refractivity contribution in [2.75, 3.05) is 26.7 Å². The first kappa shape index (κ1) is 11.5. The van der Waals surface area contributed by atoms with Gasteiger partial charge in [-0.25, -0.2) is 4.98 Å². The molecule has 3 heterocycles. The Morgan fingerprint density at radius 1 is 1.28 bits per heavy atom. The molecule has 0 aliphatic carbocycles. The number of rotatable bonds is 4. The van der Waals surface area contributed by atoms with Gasteiger partial charge in [0, 0.05) is 19.2 Å². The SMILES string of the molecule is COc1cccc2nc(CCN3CCCC3)cn12. The Balaban J connectivity index is 1.76. The van der Waals surface area contributed by atoms with Crippen molar-refractivity contribution in [1.82, 2.24) is 14.3 Å². The van der Waals surface area contributed by atoms with Crippen LogP contribution in [0.15, 0.2) is 24.4 Å². The summed E-state index contributed by atoms with van der Waals surface area (Å²) in [5.74, 6) is 0.840. The summed E-state index contributed by atoms with van der Waals surface area (Å²) in [6.07, 6.45) is 5.80. The second kappa shape index (κ2) is 4.98. The fourth-order valence-electron chi connectivity index (χ4n) is 2.60. The number of likely N-dealkylation sites (tertiary alicyclic amines) is 1. The molecule has 0 radical (unpaired) electrons. The molecule has 0 saturated carbocycles. The molecule has 0 atom stereocenters. The van der Waals surface area contributed by atoms with Crippen molar-refractivity contribution in [3.05, 3.63) is 30.1 Å². The highest BCUT2D eigenvalue weighted by Gasteiger charge is 2.12. The molecule has 18 heavy (non-hydrogen) atoms. The predicted molar refractivity (Wildman–Crippen MR) is 71.1 cm³/mol. The van der Waals surface area contributed by atoms with Crippen LogP contribution in [-0.2, 0) is 6.42 Å². The van der Waals surface area contributed by atoms with Gasteiger partial charge in [-0.2, -0.15) is 0 Å². The molecule has 0 spiro atoms. The van der Waals surface area contributed by atoms with E-state index in [9.17, 15) is 0 Å². The van der Waals surface area contributed by atoms with Gasteiger partial charge in [0.15, 0.2) is 5.88 Å². The summed E-state index contributed by atoms with van der Waals surface area (Å²) in [7, 11) is 1.69. The van der Waals surface area contributed by atoms with Crippen LogP contribution in [0.5, 0.6) is 5.88 Å². The van der Waals surface area contributed by atoms with Crippen molar-refractivity contribution >= 4 is 5.65 Å². The van der Waals surface area contributed by atoms with Gasteiger partial charge in [-0.05, 0) is 38.1 Å². The van der Waals surface area contributed by atoms with Crippen molar-refractivity contribution in [1.29, 1.82) is 0 Å². The van der Waals surface area contributed by atoms with Gasteiger partial charge in [0.05, 0.1) is 12.8 Å². The number of methoxy groups -OCH3 is 1. The zero-order valence-corrected chi connectivity index (χ0v) is 10.8. The molecule has 0 N–H and O–H groups in total. The topological polar surface area (TPSA) is 29.8 Å². The second-order valence-electron chi connectivity index (χ2n) is 4.83. The predicted octanol–water partition coefficient (Wildman–Crippen LogP) is 1.98. The zero-order chi connectivity index (χ0) is 12.4. The smallest absolute Gasteiger partial charge is 0.198 e. The maximum atomic E-state index is 5.33. The van der Waals surface area contributed by atoms with Gasteiger partial charge in [0.2, 0.25) is 0 Å². The van der Waals surface area contributed by atoms with Crippen LogP contribution in [0.2, 0.25) is 0 Å². The Kier molecular flexibility index (Phi) is 3.19. The molecule has 2 aromatic heterocycles. The molecule has 0 unspecified atom stereocenters. The van der Waals surface area contributed by atoms with Crippen molar-refractivity contribution in [2.24, 2.45) is 0 Å². The van der Waals surface area contributed by atoms with E-state index in [1.54, 1.807) is 7.11 Å². The molecule has 3 rings (SSSR count). The van der Waals surface area contributed by atoms with Gasteiger partial charge in [-0.1, -0.05) is 6.07 Å². The number of hydrogen-bond donors (Lipinski definition) is 0. The largest absolute Gasteiger partial charge is 0.482 e. The van der Waals surface area contributed by atoms with Gasteiger partial charge in [-0.3, -0.25) is 4.40 Å². The number of hydrogen-bond acceptors (Lipinski definition) is 3. The van der Waals surface area contributed by atoms with Gasteiger partial charge < -0.3 is 9.64 Å². The Labute approximate surface area is 107 Å². The fourth-order valence-corrected chi connectivity index (χ4v) is 2.60. The van der Waals surface area contributed by atoms with E-state index in [-0.39, 0.29) is 0 Å². The van der Waals surface area contributed by atoms with Crippen LogP contribution in [0.1, 0.15) is 18.5 Å². The minimum atomic E-state index is 0.840. The van der Waals surface area contributed by atoms with Gasteiger partial charge in [0.1, 0.15) is 5.65 Å². The van der Waals surface area contributed by atoms with E-state index < -0.39 is 0 Å². The van der Waals surface area contributed by atoms with Crippen molar-refractivity contribution in [3.8, 4) is 5.88 Å². The highest BCUT2D eigenvalue weighted by molar-refractivity contribution is 5.43. The summed E-state index contributed by atoms with van der Waals surface area (Å²) in [5, 5.41) is 0.